The zero-order chi connectivity index (χ0) is 12.6. The number of hydrogen-bond acceptors (Lipinski definition) is 4. The average molecular weight is 251 g/mol. The second-order valence-corrected chi connectivity index (χ2v) is 6.16. The van der Waals surface area contributed by atoms with Crippen molar-refractivity contribution in [2.24, 2.45) is 0 Å². The zero-order valence-electron chi connectivity index (χ0n) is 10.9. The fourth-order valence-corrected chi connectivity index (χ4v) is 2.94. The van der Waals surface area contributed by atoms with Crippen LogP contribution in [-0.4, -0.2) is 70.7 Å². The third kappa shape index (κ3) is 6.42. The molecule has 16 heavy (non-hydrogen) atoms. The van der Waals surface area contributed by atoms with Crippen LogP contribution in [0, 0.1) is 0 Å². The van der Waals surface area contributed by atoms with Gasteiger partial charge < -0.3 is 10.2 Å². The number of hydrogen-bond donors (Lipinski definition) is 1. The summed E-state index contributed by atoms with van der Waals surface area (Å²) in [5.74, 6) is 0.180. The van der Waals surface area contributed by atoms with Crippen molar-refractivity contribution in [3.05, 3.63) is 0 Å². The Bertz CT molecular complexity index is 265. The lowest BCUT2D eigenvalue weighted by molar-refractivity contribution is 0.356. The molecule has 0 fully saturated rings. The van der Waals surface area contributed by atoms with Crippen LogP contribution >= 0.6 is 0 Å². The van der Waals surface area contributed by atoms with Crippen molar-refractivity contribution in [2.45, 2.75) is 13.3 Å². The molecule has 0 amide bonds. The van der Waals surface area contributed by atoms with Crippen LogP contribution in [0.2, 0.25) is 0 Å². The van der Waals surface area contributed by atoms with Gasteiger partial charge in [-0.15, -0.1) is 0 Å². The van der Waals surface area contributed by atoms with E-state index in [4.69, 9.17) is 0 Å². The van der Waals surface area contributed by atoms with E-state index in [2.05, 4.69) is 10.2 Å². The SMILES string of the molecule is CCN(CCCN(C)C)S(=O)(=O)CCNC. The second kappa shape index (κ2) is 8.00. The topological polar surface area (TPSA) is 52.7 Å². The first kappa shape index (κ1) is 15.8. The Morgan fingerprint density at radius 2 is 1.81 bits per heavy atom. The number of nitrogens with one attached hydrogen (secondary N) is 1. The van der Waals surface area contributed by atoms with Gasteiger partial charge in [0.25, 0.3) is 0 Å². The van der Waals surface area contributed by atoms with E-state index in [-0.39, 0.29) is 5.75 Å². The average Bonchev–Trinajstić information content (AvgIpc) is 2.21. The predicted octanol–water partition coefficient (Wildman–Crippen LogP) is -0.191. The Hall–Kier alpha value is -0.170. The molecule has 0 aromatic rings. The maximum atomic E-state index is 11.9. The van der Waals surface area contributed by atoms with E-state index in [0.29, 0.717) is 19.6 Å². The summed E-state index contributed by atoms with van der Waals surface area (Å²) in [6, 6.07) is 0. The molecule has 0 rings (SSSR count). The zero-order valence-corrected chi connectivity index (χ0v) is 11.7. The van der Waals surface area contributed by atoms with E-state index in [1.807, 2.05) is 21.0 Å². The van der Waals surface area contributed by atoms with Gasteiger partial charge in [-0.25, -0.2) is 12.7 Å². The Kier molecular flexibility index (Phi) is 7.91. The second-order valence-electron chi connectivity index (χ2n) is 4.07. The molecule has 0 bridgehead atoms. The van der Waals surface area contributed by atoms with E-state index < -0.39 is 10.0 Å². The highest BCUT2D eigenvalue weighted by Crippen LogP contribution is 2.02. The van der Waals surface area contributed by atoms with E-state index in [9.17, 15) is 8.42 Å². The molecule has 0 aliphatic heterocycles. The maximum absolute atomic E-state index is 11.9. The highest BCUT2D eigenvalue weighted by molar-refractivity contribution is 7.89. The molecule has 0 aliphatic rings. The highest BCUT2D eigenvalue weighted by Gasteiger charge is 2.18. The Morgan fingerprint density at radius 1 is 1.19 bits per heavy atom. The lowest BCUT2D eigenvalue weighted by Crippen LogP contribution is -2.37. The fourth-order valence-electron chi connectivity index (χ4n) is 1.42. The van der Waals surface area contributed by atoms with Gasteiger partial charge in [0, 0.05) is 19.6 Å². The quantitative estimate of drug-likeness (QED) is 0.617. The van der Waals surface area contributed by atoms with Gasteiger partial charge in [-0.2, -0.15) is 0 Å². The van der Waals surface area contributed by atoms with Crippen molar-refractivity contribution in [1.82, 2.24) is 14.5 Å². The molecule has 0 atom stereocenters. The third-order valence-corrected chi connectivity index (χ3v) is 4.32. The molecule has 0 aliphatic carbocycles. The lowest BCUT2D eigenvalue weighted by atomic mass is 10.4. The molecule has 1 N–H and O–H groups in total. The first-order chi connectivity index (χ1) is 7.44. The van der Waals surface area contributed by atoms with E-state index in [1.165, 1.54) is 0 Å². The molecule has 0 aromatic carbocycles. The summed E-state index contributed by atoms with van der Waals surface area (Å²) in [6.45, 7) is 4.47. The number of rotatable bonds is 9. The summed E-state index contributed by atoms with van der Waals surface area (Å²) < 4.78 is 25.3. The molecule has 0 aromatic heterocycles. The van der Waals surface area contributed by atoms with Gasteiger partial charge in [0.1, 0.15) is 0 Å². The number of sulfonamides is 1. The molecular formula is C10H25N3O2S. The fraction of sp³-hybridized carbons (Fsp3) is 1.00. The van der Waals surface area contributed by atoms with Crippen LogP contribution in [0.1, 0.15) is 13.3 Å². The van der Waals surface area contributed by atoms with Gasteiger partial charge in [0.05, 0.1) is 5.75 Å². The first-order valence-electron chi connectivity index (χ1n) is 5.71. The van der Waals surface area contributed by atoms with Crippen LogP contribution in [0.15, 0.2) is 0 Å². The normalized spacial score (nSPS) is 12.6. The molecule has 98 valence electrons. The molecule has 6 heteroatoms. The summed E-state index contributed by atoms with van der Waals surface area (Å²) in [4.78, 5) is 2.06. The molecule has 5 nitrogen and oxygen atoms in total. The van der Waals surface area contributed by atoms with Crippen LogP contribution in [0.5, 0.6) is 0 Å². The smallest absolute Gasteiger partial charge is 0.215 e. The maximum Gasteiger partial charge on any atom is 0.215 e. The minimum atomic E-state index is -3.08. The number of nitrogens with zero attached hydrogens (tertiary/aromatic N) is 2. The third-order valence-electron chi connectivity index (χ3n) is 2.37. The van der Waals surface area contributed by atoms with Crippen molar-refractivity contribution in [1.29, 1.82) is 0 Å². The Balaban J connectivity index is 4.15. The standard InChI is InChI=1S/C10H25N3O2S/c1-5-13(9-6-8-12(3)4)16(14,15)10-7-11-2/h11H,5-10H2,1-4H3. The lowest BCUT2D eigenvalue weighted by Gasteiger charge is -2.21. The summed E-state index contributed by atoms with van der Waals surface area (Å²) in [5.41, 5.74) is 0. The summed E-state index contributed by atoms with van der Waals surface area (Å²) in [7, 11) is 2.67. The Labute approximate surface area is 99.9 Å². The van der Waals surface area contributed by atoms with Gasteiger partial charge in [-0.1, -0.05) is 6.92 Å². The van der Waals surface area contributed by atoms with Gasteiger partial charge in [-0.3, -0.25) is 0 Å². The molecular weight excluding hydrogens is 226 g/mol. The Morgan fingerprint density at radius 3 is 2.25 bits per heavy atom. The van der Waals surface area contributed by atoms with Crippen LogP contribution in [0.3, 0.4) is 0 Å². The molecule has 0 saturated heterocycles. The summed E-state index contributed by atoms with van der Waals surface area (Å²) in [6.07, 6.45) is 0.875. The van der Waals surface area contributed by atoms with Gasteiger partial charge in [-0.05, 0) is 34.1 Å². The minimum absolute atomic E-state index is 0.180. The summed E-state index contributed by atoms with van der Waals surface area (Å²) >= 11 is 0. The molecule has 0 radical (unpaired) electrons. The molecule has 0 unspecified atom stereocenters. The van der Waals surface area contributed by atoms with E-state index in [1.54, 1.807) is 11.4 Å². The summed E-state index contributed by atoms with van der Waals surface area (Å²) in [5, 5.41) is 2.86. The largest absolute Gasteiger partial charge is 0.319 e. The van der Waals surface area contributed by atoms with Crippen molar-refractivity contribution in [2.75, 3.05) is 53.1 Å². The van der Waals surface area contributed by atoms with Crippen molar-refractivity contribution < 1.29 is 8.42 Å². The van der Waals surface area contributed by atoms with Crippen LogP contribution in [0.4, 0.5) is 0 Å². The van der Waals surface area contributed by atoms with Gasteiger partial charge >= 0.3 is 0 Å². The van der Waals surface area contributed by atoms with E-state index in [0.717, 1.165) is 13.0 Å². The van der Waals surface area contributed by atoms with Crippen molar-refractivity contribution >= 4 is 10.0 Å². The van der Waals surface area contributed by atoms with Gasteiger partial charge in [0.15, 0.2) is 0 Å². The van der Waals surface area contributed by atoms with Crippen molar-refractivity contribution in [3.8, 4) is 0 Å². The van der Waals surface area contributed by atoms with Crippen molar-refractivity contribution in [3.63, 3.8) is 0 Å². The van der Waals surface area contributed by atoms with Gasteiger partial charge in [0.2, 0.25) is 10.0 Å². The van der Waals surface area contributed by atoms with Crippen LogP contribution < -0.4 is 5.32 Å². The molecule has 0 spiro atoms. The molecule has 0 heterocycles. The van der Waals surface area contributed by atoms with Crippen LogP contribution in [0.25, 0.3) is 0 Å². The highest BCUT2D eigenvalue weighted by atomic mass is 32.2. The minimum Gasteiger partial charge on any atom is -0.319 e. The van der Waals surface area contributed by atoms with E-state index >= 15 is 0 Å². The van der Waals surface area contributed by atoms with Crippen LogP contribution in [-0.2, 0) is 10.0 Å². The predicted molar refractivity (Wildman–Crippen MR) is 68.1 cm³/mol. The first-order valence-corrected chi connectivity index (χ1v) is 7.32. The monoisotopic (exact) mass is 251 g/mol. The molecule has 0 saturated carbocycles.